The molecule has 38 heavy (non-hydrogen) atoms. The molecule has 0 saturated carbocycles. The second kappa shape index (κ2) is 12.4. The summed E-state index contributed by atoms with van der Waals surface area (Å²) in [5.74, 6) is -2.25. The Kier molecular flexibility index (Phi) is 8.98. The highest BCUT2D eigenvalue weighted by Crippen LogP contribution is 2.34. The number of halogens is 2. The molecule has 11 heteroatoms. The first-order chi connectivity index (χ1) is 18.2. The minimum atomic E-state index is -1.26. The van der Waals surface area contributed by atoms with E-state index in [1.165, 1.54) is 12.1 Å². The smallest absolute Gasteiger partial charge is 0.328 e. The zero-order valence-corrected chi connectivity index (χ0v) is 21.3. The number of nitrogens with one attached hydrogen (secondary N) is 1. The Labute approximate surface area is 223 Å². The van der Waals surface area contributed by atoms with Gasteiger partial charge in [-0.1, -0.05) is 23.7 Å². The maximum absolute atomic E-state index is 13.1. The summed E-state index contributed by atoms with van der Waals surface area (Å²) in [6, 6.07) is 12.4. The minimum Gasteiger partial charge on any atom is -0.478 e. The summed E-state index contributed by atoms with van der Waals surface area (Å²) in [5.41, 5.74) is 2.72. The third kappa shape index (κ3) is 7.09. The maximum Gasteiger partial charge on any atom is 0.328 e. The van der Waals surface area contributed by atoms with Gasteiger partial charge in [-0.15, -0.1) is 0 Å². The summed E-state index contributed by atoms with van der Waals surface area (Å²) in [6.45, 7) is 3.68. The molecule has 3 N–H and O–H groups in total. The van der Waals surface area contributed by atoms with E-state index in [1.54, 1.807) is 0 Å². The van der Waals surface area contributed by atoms with Crippen LogP contribution < -0.4 is 5.69 Å². The molecular formula is C27H29ClFN3O6. The van der Waals surface area contributed by atoms with Crippen LogP contribution in [0.1, 0.15) is 37.0 Å². The molecule has 2 saturated heterocycles. The van der Waals surface area contributed by atoms with E-state index in [2.05, 4.69) is 9.88 Å². The van der Waals surface area contributed by atoms with Crippen LogP contribution in [0.3, 0.4) is 0 Å². The molecular weight excluding hydrogens is 517 g/mol. The van der Waals surface area contributed by atoms with Crippen LogP contribution in [0.2, 0.25) is 5.02 Å². The molecule has 2 aromatic carbocycles. The standard InChI is InChI=1S/C23H25ClFN3O2.C4H4O4/c24-17-3-6-21-20(12-17)26-23(29)28(21)19-7-9-27(10-8-19)13-15-11-22(30-14-15)16-1-4-18(25)5-2-16;5-3(6)1-2-4(7)8/h1-6,12,15,19,22H,7-11,13-14H2,(H,26,29);1-2H,(H,5,6)(H,7,8)/b;2-1-/t15-,22-;/m1./s1. The number of aromatic nitrogens is 2. The van der Waals surface area contributed by atoms with E-state index in [9.17, 15) is 18.8 Å². The highest BCUT2D eigenvalue weighted by atomic mass is 35.5. The lowest BCUT2D eigenvalue weighted by atomic mass is 9.98. The summed E-state index contributed by atoms with van der Waals surface area (Å²) in [4.78, 5) is 37.0. The van der Waals surface area contributed by atoms with Gasteiger partial charge in [0, 0.05) is 42.9 Å². The molecule has 0 aliphatic carbocycles. The van der Waals surface area contributed by atoms with Crippen molar-refractivity contribution in [2.45, 2.75) is 31.4 Å². The highest BCUT2D eigenvalue weighted by Gasteiger charge is 2.30. The van der Waals surface area contributed by atoms with Crippen molar-refractivity contribution in [1.29, 1.82) is 0 Å². The Morgan fingerprint density at radius 1 is 1.08 bits per heavy atom. The van der Waals surface area contributed by atoms with E-state index >= 15 is 0 Å². The van der Waals surface area contributed by atoms with Gasteiger partial charge in [-0.25, -0.2) is 18.8 Å². The third-order valence-electron chi connectivity index (χ3n) is 6.81. The molecule has 1 aromatic heterocycles. The number of H-pyrrole nitrogens is 1. The topological polar surface area (TPSA) is 125 Å². The molecule has 0 spiro atoms. The van der Waals surface area contributed by atoms with Gasteiger partial charge in [0.25, 0.3) is 0 Å². The Balaban J connectivity index is 0.000000368. The summed E-state index contributed by atoms with van der Waals surface area (Å²) in [6.07, 6.45) is 4.04. The lowest BCUT2D eigenvalue weighted by molar-refractivity contribution is -0.134. The Morgan fingerprint density at radius 2 is 1.74 bits per heavy atom. The summed E-state index contributed by atoms with van der Waals surface area (Å²) < 4.78 is 21.0. The Morgan fingerprint density at radius 3 is 2.37 bits per heavy atom. The van der Waals surface area contributed by atoms with E-state index in [1.807, 2.05) is 34.9 Å². The van der Waals surface area contributed by atoms with Crippen LogP contribution in [0.25, 0.3) is 11.0 Å². The monoisotopic (exact) mass is 545 g/mol. The van der Waals surface area contributed by atoms with Crippen molar-refractivity contribution in [1.82, 2.24) is 14.5 Å². The minimum absolute atomic E-state index is 0.0583. The summed E-state index contributed by atoms with van der Waals surface area (Å²) in [7, 11) is 0. The van der Waals surface area contributed by atoms with Crippen molar-refractivity contribution >= 4 is 34.6 Å². The molecule has 202 valence electrons. The Hall–Kier alpha value is -3.47. The van der Waals surface area contributed by atoms with Gasteiger partial charge >= 0.3 is 17.6 Å². The largest absolute Gasteiger partial charge is 0.478 e. The molecule has 0 radical (unpaired) electrons. The third-order valence-corrected chi connectivity index (χ3v) is 7.04. The average Bonchev–Trinajstić information content (AvgIpc) is 3.47. The van der Waals surface area contributed by atoms with Gasteiger partial charge in [-0.3, -0.25) is 4.57 Å². The number of benzene rings is 2. The fourth-order valence-corrected chi connectivity index (χ4v) is 5.23. The van der Waals surface area contributed by atoms with Crippen molar-refractivity contribution in [3.63, 3.8) is 0 Å². The predicted molar refractivity (Wildman–Crippen MR) is 140 cm³/mol. The lowest BCUT2D eigenvalue weighted by Gasteiger charge is -2.33. The van der Waals surface area contributed by atoms with Crippen LogP contribution in [0, 0.1) is 11.7 Å². The summed E-state index contributed by atoms with van der Waals surface area (Å²) >= 11 is 6.06. The molecule has 0 unspecified atom stereocenters. The van der Waals surface area contributed by atoms with Gasteiger partial charge in [-0.05, 0) is 61.1 Å². The number of hydrogen-bond acceptors (Lipinski definition) is 5. The number of piperidine rings is 1. The predicted octanol–water partition coefficient (Wildman–Crippen LogP) is 4.25. The number of rotatable bonds is 6. The molecule has 2 fully saturated rings. The number of nitrogens with zero attached hydrogens (tertiary/aromatic N) is 2. The molecule has 0 bridgehead atoms. The van der Waals surface area contributed by atoms with E-state index in [-0.39, 0.29) is 23.7 Å². The van der Waals surface area contributed by atoms with Gasteiger partial charge < -0.3 is 24.8 Å². The molecule has 2 aliphatic heterocycles. The van der Waals surface area contributed by atoms with Gasteiger partial charge in [0.05, 0.1) is 23.7 Å². The first-order valence-electron chi connectivity index (χ1n) is 12.3. The molecule has 9 nitrogen and oxygen atoms in total. The van der Waals surface area contributed by atoms with Crippen molar-refractivity contribution in [2.24, 2.45) is 5.92 Å². The lowest BCUT2D eigenvalue weighted by Crippen LogP contribution is -2.39. The SMILES string of the molecule is O=C(O)/C=C\C(=O)O.O=c1[nH]c2cc(Cl)ccc2n1C1CCN(C[C@@H]2CO[C@@H](c3ccc(F)cc3)C2)CC1. The average molecular weight is 546 g/mol. The fraction of sp³-hybridized carbons (Fsp3) is 0.370. The van der Waals surface area contributed by atoms with Crippen molar-refractivity contribution in [2.75, 3.05) is 26.2 Å². The molecule has 2 atom stereocenters. The molecule has 3 aromatic rings. The highest BCUT2D eigenvalue weighted by molar-refractivity contribution is 6.31. The van der Waals surface area contributed by atoms with E-state index in [0.717, 1.165) is 62.1 Å². The van der Waals surface area contributed by atoms with Crippen LogP contribution >= 0.6 is 11.6 Å². The first kappa shape index (κ1) is 27.6. The number of carboxylic acid groups (broad SMARTS) is 2. The second-order valence-electron chi connectivity index (χ2n) is 9.48. The van der Waals surface area contributed by atoms with Gasteiger partial charge in [-0.2, -0.15) is 0 Å². The molecule has 3 heterocycles. The normalized spacial score (nSPS) is 20.5. The zero-order valence-electron chi connectivity index (χ0n) is 20.6. The zero-order chi connectivity index (χ0) is 27.2. The molecule has 2 aliphatic rings. The number of likely N-dealkylation sites (tertiary alicyclic amines) is 1. The number of fused-ring (bicyclic) bond motifs is 1. The first-order valence-corrected chi connectivity index (χ1v) is 12.7. The number of aromatic amines is 1. The number of carbonyl (C=O) groups is 2. The fourth-order valence-electron chi connectivity index (χ4n) is 5.06. The number of ether oxygens (including phenoxy) is 1. The summed E-state index contributed by atoms with van der Waals surface area (Å²) in [5, 5.41) is 16.3. The number of imidazole rings is 1. The quantitative estimate of drug-likeness (QED) is 0.395. The van der Waals surface area contributed by atoms with E-state index < -0.39 is 11.9 Å². The molecule has 5 rings (SSSR count). The van der Waals surface area contributed by atoms with Gasteiger partial charge in [0.2, 0.25) is 0 Å². The van der Waals surface area contributed by atoms with Crippen LogP contribution in [0.5, 0.6) is 0 Å². The van der Waals surface area contributed by atoms with Crippen molar-refractivity contribution in [3.8, 4) is 0 Å². The van der Waals surface area contributed by atoms with E-state index in [0.29, 0.717) is 23.1 Å². The maximum atomic E-state index is 13.1. The van der Waals surface area contributed by atoms with Gasteiger partial charge in [0.1, 0.15) is 5.82 Å². The van der Waals surface area contributed by atoms with Crippen LogP contribution in [0.4, 0.5) is 4.39 Å². The Bertz CT molecular complexity index is 1350. The number of carboxylic acids is 2. The number of aliphatic carboxylic acids is 2. The van der Waals surface area contributed by atoms with Crippen LogP contribution in [-0.2, 0) is 14.3 Å². The second-order valence-corrected chi connectivity index (χ2v) is 9.91. The van der Waals surface area contributed by atoms with Crippen molar-refractivity contribution < 1.29 is 28.9 Å². The number of hydrogen-bond donors (Lipinski definition) is 3. The van der Waals surface area contributed by atoms with Gasteiger partial charge in [0.15, 0.2) is 0 Å². The van der Waals surface area contributed by atoms with E-state index in [4.69, 9.17) is 26.6 Å². The van der Waals surface area contributed by atoms with Crippen molar-refractivity contribution in [3.05, 3.63) is 81.5 Å². The van der Waals surface area contributed by atoms with Crippen LogP contribution in [0.15, 0.2) is 59.4 Å². The van der Waals surface area contributed by atoms with Crippen LogP contribution in [-0.4, -0.2) is 62.8 Å². The molecule has 0 amide bonds.